The van der Waals surface area contributed by atoms with Gasteiger partial charge in [0.15, 0.2) is 0 Å². The summed E-state index contributed by atoms with van der Waals surface area (Å²) in [7, 11) is 6.49. The van der Waals surface area contributed by atoms with Crippen LogP contribution in [0.3, 0.4) is 0 Å². The Morgan fingerprint density at radius 2 is 1.69 bits per heavy atom. The maximum Gasteiger partial charge on any atom is 0.0244 e. The van der Waals surface area contributed by atoms with Crippen LogP contribution in [0.1, 0.15) is 32.1 Å². The summed E-state index contributed by atoms with van der Waals surface area (Å²) in [5.41, 5.74) is 5.96. The van der Waals surface area contributed by atoms with Crippen LogP contribution in [-0.4, -0.2) is 56.6 Å². The van der Waals surface area contributed by atoms with E-state index in [0.29, 0.717) is 6.04 Å². The Kier molecular flexibility index (Phi) is 6.32. The van der Waals surface area contributed by atoms with E-state index < -0.39 is 0 Å². The van der Waals surface area contributed by atoms with Gasteiger partial charge in [0.25, 0.3) is 0 Å². The van der Waals surface area contributed by atoms with Crippen LogP contribution in [0.2, 0.25) is 0 Å². The van der Waals surface area contributed by atoms with Gasteiger partial charge < -0.3 is 15.5 Å². The standard InChI is InChI=1S/C13H29N3/c1-15(2)9-10-16(3)13(11-14)12-7-5-4-6-8-12/h12-13H,4-11,14H2,1-3H3. The first kappa shape index (κ1) is 13.9. The van der Waals surface area contributed by atoms with Crippen LogP contribution in [0.5, 0.6) is 0 Å². The molecule has 0 spiro atoms. The number of nitrogens with two attached hydrogens (primary N) is 1. The lowest BCUT2D eigenvalue weighted by molar-refractivity contribution is 0.140. The average Bonchev–Trinajstić information content (AvgIpc) is 2.29. The minimum absolute atomic E-state index is 0.597. The highest BCUT2D eigenvalue weighted by Gasteiger charge is 2.25. The van der Waals surface area contributed by atoms with Gasteiger partial charge >= 0.3 is 0 Å². The van der Waals surface area contributed by atoms with Crippen molar-refractivity contribution in [3.63, 3.8) is 0 Å². The second-order valence-electron chi connectivity index (χ2n) is 5.49. The van der Waals surface area contributed by atoms with Crippen LogP contribution in [0.4, 0.5) is 0 Å². The van der Waals surface area contributed by atoms with E-state index in [1.807, 2.05) is 0 Å². The molecule has 1 saturated carbocycles. The van der Waals surface area contributed by atoms with Gasteiger partial charge in [0.2, 0.25) is 0 Å². The summed E-state index contributed by atoms with van der Waals surface area (Å²) in [6.07, 6.45) is 7.00. The second kappa shape index (κ2) is 7.25. The molecule has 0 heterocycles. The molecular formula is C13H29N3. The van der Waals surface area contributed by atoms with Gasteiger partial charge in [0.05, 0.1) is 0 Å². The van der Waals surface area contributed by atoms with E-state index in [9.17, 15) is 0 Å². The molecule has 16 heavy (non-hydrogen) atoms. The fraction of sp³-hybridized carbons (Fsp3) is 1.00. The maximum atomic E-state index is 5.96. The van der Waals surface area contributed by atoms with Crippen molar-refractivity contribution in [2.24, 2.45) is 11.7 Å². The van der Waals surface area contributed by atoms with E-state index >= 15 is 0 Å². The zero-order valence-electron chi connectivity index (χ0n) is 11.3. The molecule has 0 bridgehead atoms. The van der Waals surface area contributed by atoms with Crippen molar-refractivity contribution in [3.05, 3.63) is 0 Å². The Balaban J connectivity index is 2.38. The number of nitrogens with zero attached hydrogens (tertiary/aromatic N) is 2. The van der Waals surface area contributed by atoms with Crippen molar-refractivity contribution in [1.82, 2.24) is 9.80 Å². The lowest BCUT2D eigenvalue weighted by Gasteiger charge is -2.36. The Hall–Kier alpha value is -0.120. The molecule has 2 N–H and O–H groups in total. The van der Waals surface area contributed by atoms with Gasteiger partial charge in [-0.15, -0.1) is 0 Å². The van der Waals surface area contributed by atoms with Crippen molar-refractivity contribution in [2.75, 3.05) is 40.8 Å². The largest absolute Gasteiger partial charge is 0.329 e. The fourth-order valence-corrected chi connectivity index (χ4v) is 2.77. The summed E-state index contributed by atoms with van der Waals surface area (Å²) in [5, 5.41) is 0. The molecule has 0 aromatic carbocycles. The fourth-order valence-electron chi connectivity index (χ4n) is 2.77. The number of hydrogen-bond acceptors (Lipinski definition) is 3. The summed E-state index contributed by atoms with van der Waals surface area (Å²) >= 11 is 0. The molecule has 1 atom stereocenters. The van der Waals surface area contributed by atoms with Gasteiger partial charge in [-0.05, 0) is 39.9 Å². The van der Waals surface area contributed by atoms with E-state index in [1.165, 1.54) is 32.1 Å². The Bertz CT molecular complexity index is 176. The van der Waals surface area contributed by atoms with Crippen LogP contribution in [0.25, 0.3) is 0 Å². The first-order valence-corrected chi connectivity index (χ1v) is 6.70. The molecule has 3 heteroatoms. The first-order chi connectivity index (χ1) is 7.65. The third-order valence-corrected chi connectivity index (χ3v) is 3.90. The van der Waals surface area contributed by atoms with Gasteiger partial charge in [-0.25, -0.2) is 0 Å². The van der Waals surface area contributed by atoms with E-state index in [0.717, 1.165) is 25.6 Å². The zero-order chi connectivity index (χ0) is 12.0. The summed E-state index contributed by atoms with van der Waals surface area (Å²) in [5.74, 6) is 0.839. The first-order valence-electron chi connectivity index (χ1n) is 6.70. The van der Waals surface area contributed by atoms with Crippen molar-refractivity contribution >= 4 is 0 Å². The highest BCUT2D eigenvalue weighted by molar-refractivity contribution is 4.81. The Morgan fingerprint density at radius 1 is 1.06 bits per heavy atom. The van der Waals surface area contributed by atoms with Crippen molar-refractivity contribution in [1.29, 1.82) is 0 Å². The third-order valence-electron chi connectivity index (χ3n) is 3.90. The molecule has 0 aromatic heterocycles. The summed E-state index contributed by atoms with van der Waals surface area (Å²) in [4.78, 5) is 4.71. The molecule has 0 radical (unpaired) electrons. The second-order valence-corrected chi connectivity index (χ2v) is 5.49. The molecule has 1 fully saturated rings. The average molecular weight is 227 g/mol. The molecular weight excluding hydrogens is 198 g/mol. The minimum Gasteiger partial charge on any atom is -0.329 e. The molecule has 0 aliphatic heterocycles. The van der Waals surface area contributed by atoms with Gasteiger partial charge in [0.1, 0.15) is 0 Å². The van der Waals surface area contributed by atoms with Crippen molar-refractivity contribution < 1.29 is 0 Å². The van der Waals surface area contributed by atoms with Crippen molar-refractivity contribution in [3.8, 4) is 0 Å². The predicted molar refractivity (Wildman–Crippen MR) is 70.6 cm³/mol. The van der Waals surface area contributed by atoms with E-state index in [-0.39, 0.29) is 0 Å². The molecule has 1 aliphatic rings. The maximum absolute atomic E-state index is 5.96. The monoisotopic (exact) mass is 227 g/mol. The minimum atomic E-state index is 0.597. The highest BCUT2D eigenvalue weighted by atomic mass is 15.2. The molecule has 0 aromatic rings. The van der Waals surface area contributed by atoms with Crippen LogP contribution in [-0.2, 0) is 0 Å². The number of hydrogen-bond donors (Lipinski definition) is 1. The van der Waals surface area contributed by atoms with Gasteiger partial charge in [-0.1, -0.05) is 19.3 Å². The van der Waals surface area contributed by atoms with E-state index in [2.05, 4.69) is 30.9 Å². The topological polar surface area (TPSA) is 32.5 Å². The predicted octanol–water partition coefficient (Wildman–Crippen LogP) is 1.39. The number of rotatable bonds is 6. The summed E-state index contributed by atoms with van der Waals surface area (Å²) < 4.78 is 0. The van der Waals surface area contributed by atoms with Crippen LogP contribution >= 0.6 is 0 Å². The summed E-state index contributed by atoms with van der Waals surface area (Å²) in [6.45, 7) is 3.07. The molecule has 1 aliphatic carbocycles. The molecule has 1 unspecified atom stereocenters. The quantitative estimate of drug-likeness (QED) is 0.744. The lowest BCUT2D eigenvalue weighted by Crippen LogP contribution is -2.46. The van der Waals surface area contributed by atoms with Crippen LogP contribution < -0.4 is 5.73 Å². The van der Waals surface area contributed by atoms with Crippen LogP contribution in [0, 0.1) is 5.92 Å². The molecule has 1 rings (SSSR count). The van der Waals surface area contributed by atoms with E-state index in [1.54, 1.807) is 0 Å². The smallest absolute Gasteiger partial charge is 0.0244 e. The third kappa shape index (κ3) is 4.40. The van der Waals surface area contributed by atoms with E-state index in [4.69, 9.17) is 5.73 Å². The summed E-state index contributed by atoms with van der Waals surface area (Å²) in [6, 6.07) is 0.597. The van der Waals surface area contributed by atoms with Gasteiger partial charge in [-0.2, -0.15) is 0 Å². The molecule has 0 amide bonds. The zero-order valence-corrected chi connectivity index (χ0v) is 11.3. The van der Waals surface area contributed by atoms with Gasteiger partial charge in [-0.3, -0.25) is 0 Å². The number of likely N-dealkylation sites (N-methyl/N-ethyl adjacent to an activating group) is 2. The molecule has 0 saturated heterocycles. The van der Waals surface area contributed by atoms with Gasteiger partial charge in [0, 0.05) is 25.7 Å². The SMILES string of the molecule is CN(C)CCN(C)C(CN)C1CCCCC1. The Morgan fingerprint density at radius 3 is 2.19 bits per heavy atom. The van der Waals surface area contributed by atoms with Crippen LogP contribution in [0.15, 0.2) is 0 Å². The van der Waals surface area contributed by atoms with Crippen molar-refractivity contribution in [2.45, 2.75) is 38.1 Å². The highest BCUT2D eigenvalue weighted by Crippen LogP contribution is 2.28. The molecule has 96 valence electrons. The molecule has 3 nitrogen and oxygen atoms in total. The lowest BCUT2D eigenvalue weighted by atomic mass is 9.83. The normalized spacial score (nSPS) is 20.6. The Labute approximate surface area is 101 Å².